The molecule has 3 N–H and O–H groups in total. The summed E-state index contributed by atoms with van der Waals surface area (Å²) in [4.78, 5) is 21.5. The molecule has 0 aliphatic heterocycles. The Labute approximate surface area is 104 Å². The first kappa shape index (κ1) is 12.0. The van der Waals surface area contributed by atoms with Crippen molar-refractivity contribution in [1.82, 2.24) is 4.57 Å². The molecule has 0 bridgehead atoms. The molecule has 0 aliphatic rings. The smallest absolute Gasteiger partial charge is 0.308 e. The number of oxime groups is 1. The van der Waals surface area contributed by atoms with Crippen molar-refractivity contribution in [3.05, 3.63) is 38.0 Å². The zero-order chi connectivity index (χ0) is 13.3. The summed E-state index contributed by atoms with van der Waals surface area (Å²) in [5.41, 5.74) is 5.77. The second-order valence-electron chi connectivity index (χ2n) is 3.45. The van der Waals surface area contributed by atoms with Crippen LogP contribution in [-0.2, 0) is 6.54 Å². The second-order valence-corrected chi connectivity index (χ2v) is 4.45. The van der Waals surface area contributed by atoms with Gasteiger partial charge in [-0.2, -0.15) is 0 Å². The van der Waals surface area contributed by atoms with Crippen LogP contribution in [0.5, 0.6) is 0 Å². The summed E-state index contributed by atoms with van der Waals surface area (Å²) in [6.07, 6.45) is 0. The van der Waals surface area contributed by atoms with Gasteiger partial charge >= 0.3 is 4.87 Å². The second kappa shape index (κ2) is 4.45. The molecule has 94 valence electrons. The van der Waals surface area contributed by atoms with E-state index in [1.54, 1.807) is 0 Å². The molecule has 0 spiro atoms. The number of fused-ring (bicyclic) bond motifs is 1. The van der Waals surface area contributed by atoms with Gasteiger partial charge in [0.05, 0.1) is 21.7 Å². The quantitative estimate of drug-likeness (QED) is 0.279. The fourth-order valence-electron chi connectivity index (χ4n) is 1.51. The highest BCUT2D eigenvalue weighted by Crippen LogP contribution is 2.22. The third-order valence-corrected chi connectivity index (χ3v) is 3.25. The summed E-state index contributed by atoms with van der Waals surface area (Å²) in [5, 5.41) is 21.9. The van der Waals surface area contributed by atoms with Crippen molar-refractivity contribution in [1.29, 1.82) is 0 Å². The first-order valence-corrected chi connectivity index (χ1v) is 5.58. The van der Waals surface area contributed by atoms with Gasteiger partial charge in [0.2, 0.25) is 0 Å². The van der Waals surface area contributed by atoms with E-state index in [0.29, 0.717) is 10.2 Å². The summed E-state index contributed by atoms with van der Waals surface area (Å²) in [7, 11) is 0. The number of benzene rings is 1. The Morgan fingerprint density at radius 1 is 1.61 bits per heavy atom. The minimum atomic E-state index is -0.530. The number of aromatic nitrogens is 1. The molecule has 0 atom stereocenters. The fourth-order valence-corrected chi connectivity index (χ4v) is 2.44. The van der Waals surface area contributed by atoms with Gasteiger partial charge in [0.25, 0.3) is 5.69 Å². The number of nitro benzene ring substituents is 1. The summed E-state index contributed by atoms with van der Waals surface area (Å²) in [6, 6.07) is 4.09. The Kier molecular flexibility index (Phi) is 2.98. The van der Waals surface area contributed by atoms with E-state index in [-0.39, 0.29) is 22.9 Å². The molecule has 0 fully saturated rings. The van der Waals surface area contributed by atoms with E-state index < -0.39 is 4.92 Å². The van der Waals surface area contributed by atoms with Crippen LogP contribution in [0.1, 0.15) is 0 Å². The van der Waals surface area contributed by atoms with Crippen molar-refractivity contribution < 1.29 is 10.1 Å². The summed E-state index contributed by atoms with van der Waals surface area (Å²) in [6.45, 7) is -0.0624. The first-order valence-electron chi connectivity index (χ1n) is 4.77. The molecular weight excluding hydrogens is 260 g/mol. The Hall–Kier alpha value is -2.42. The molecule has 8 nitrogen and oxygen atoms in total. The lowest BCUT2D eigenvalue weighted by Gasteiger charge is -2.01. The van der Waals surface area contributed by atoms with Crippen LogP contribution in [0.3, 0.4) is 0 Å². The van der Waals surface area contributed by atoms with Crippen molar-refractivity contribution in [2.24, 2.45) is 10.9 Å². The zero-order valence-electron chi connectivity index (χ0n) is 8.94. The number of nitrogens with zero attached hydrogens (tertiary/aromatic N) is 3. The standard InChI is InChI=1S/C9H8N4O4S/c10-8(11-15)4-12-6-2-1-5(13(16)17)3-7(6)18-9(12)14/h1-3,15H,4H2,(H2,10,11). The molecule has 0 amide bonds. The molecule has 1 aromatic heterocycles. The van der Waals surface area contributed by atoms with Crippen LogP contribution < -0.4 is 10.6 Å². The Bertz CT molecular complexity index is 702. The molecule has 1 heterocycles. The maximum Gasteiger partial charge on any atom is 0.308 e. The Balaban J connectivity index is 2.59. The number of amidine groups is 1. The molecule has 0 radical (unpaired) electrons. The van der Waals surface area contributed by atoms with Crippen molar-refractivity contribution in [3.63, 3.8) is 0 Å². The summed E-state index contributed by atoms with van der Waals surface area (Å²) < 4.78 is 1.78. The van der Waals surface area contributed by atoms with Gasteiger partial charge in [0.15, 0.2) is 5.84 Å². The van der Waals surface area contributed by atoms with Crippen molar-refractivity contribution in [3.8, 4) is 0 Å². The van der Waals surface area contributed by atoms with Crippen LogP contribution in [0.25, 0.3) is 10.2 Å². The van der Waals surface area contributed by atoms with Crippen molar-refractivity contribution in [2.45, 2.75) is 6.54 Å². The largest absolute Gasteiger partial charge is 0.409 e. The lowest BCUT2D eigenvalue weighted by atomic mass is 10.3. The fraction of sp³-hybridized carbons (Fsp3) is 0.111. The van der Waals surface area contributed by atoms with E-state index in [9.17, 15) is 14.9 Å². The first-order chi connectivity index (χ1) is 8.52. The maximum atomic E-state index is 11.7. The molecule has 0 saturated carbocycles. The molecule has 2 aromatic rings. The lowest BCUT2D eigenvalue weighted by molar-refractivity contribution is -0.384. The third kappa shape index (κ3) is 2.02. The third-order valence-electron chi connectivity index (χ3n) is 2.31. The molecule has 0 aliphatic carbocycles. The van der Waals surface area contributed by atoms with E-state index in [2.05, 4.69) is 5.16 Å². The van der Waals surface area contributed by atoms with Gasteiger partial charge in [-0.3, -0.25) is 19.5 Å². The van der Waals surface area contributed by atoms with E-state index in [1.165, 1.54) is 22.8 Å². The van der Waals surface area contributed by atoms with Crippen molar-refractivity contribution in [2.75, 3.05) is 0 Å². The van der Waals surface area contributed by atoms with Gasteiger partial charge in [-0.25, -0.2) is 0 Å². The highest BCUT2D eigenvalue weighted by Gasteiger charge is 2.13. The van der Waals surface area contributed by atoms with Gasteiger partial charge in [-0.1, -0.05) is 16.5 Å². The van der Waals surface area contributed by atoms with E-state index in [0.717, 1.165) is 11.3 Å². The number of thiazole rings is 1. The molecule has 1 aromatic carbocycles. The highest BCUT2D eigenvalue weighted by atomic mass is 32.1. The molecule has 18 heavy (non-hydrogen) atoms. The van der Waals surface area contributed by atoms with Gasteiger partial charge in [0, 0.05) is 12.1 Å². The van der Waals surface area contributed by atoms with E-state index >= 15 is 0 Å². The van der Waals surface area contributed by atoms with Crippen LogP contribution in [0.2, 0.25) is 0 Å². The predicted octanol–water partition coefficient (Wildman–Crippen LogP) is 0.718. The van der Waals surface area contributed by atoms with Gasteiger partial charge < -0.3 is 10.9 Å². The van der Waals surface area contributed by atoms with Gasteiger partial charge in [-0.15, -0.1) is 0 Å². The summed E-state index contributed by atoms with van der Waals surface area (Å²) in [5.74, 6) is -0.116. The molecule has 2 rings (SSSR count). The Morgan fingerprint density at radius 2 is 2.33 bits per heavy atom. The van der Waals surface area contributed by atoms with Crippen LogP contribution in [0.4, 0.5) is 5.69 Å². The van der Waals surface area contributed by atoms with Crippen LogP contribution >= 0.6 is 11.3 Å². The number of rotatable bonds is 3. The number of nitro groups is 1. The number of nitrogens with two attached hydrogens (primary N) is 1. The number of hydrogen-bond acceptors (Lipinski definition) is 6. The summed E-state index contributed by atoms with van der Waals surface area (Å²) >= 11 is 0.874. The molecule has 0 unspecified atom stereocenters. The number of non-ortho nitro benzene ring substituents is 1. The molecule has 9 heteroatoms. The zero-order valence-corrected chi connectivity index (χ0v) is 9.75. The van der Waals surface area contributed by atoms with E-state index in [4.69, 9.17) is 10.9 Å². The number of hydrogen-bond donors (Lipinski definition) is 2. The Morgan fingerprint density at radius 3 is 2.94 bits per heavy atom. The van der Waals surface area contributed by atoms with Crippen molar-refractivity contribution >= 4 is 33.1 Å². The van der Waals surface area contributed by atoms with Crippen LogP contribution in [-0.4, -0.2) is 20.5 Å². The lowest BCUT2D eigenvalue weighted by Crippen LogP contribution is -2.24. The van der Waals surface area contributed by atoms with Crippen LogP contribution in [0.15, 0.2) is 28.1 Å². The normalized spacial score (nSPS) is 11.9. The van der Waals surface area contributed by atoms with Gasteiger partial charge in [0.1, 0.15) is 0 Å². The monoisotopic (exact) mass is 268 g/mol. The minimum absolute atomic E-state index is 0.0624. The molecule has 0 saturated heterocycles. The maximum absolute atomic E-state index is 11.7. The topological polar surface area (TPSA) is 124 Å². The SMILES string of the molecule is N/C(Cn1c(=O)sc2cc([N+](=O)[O-])ccc21)=N\O. The average Bonchev–Trinajstić information content (AvgIpc) is 2.64. The van der Waals surface area contributed by atoms with Gasteiger partial charge in [-0.05, 0) is 6.07 Å². The average molecular weight is 268 g/mol. The molecular formula is C9H8N4O4S. The van der Waals surface area contributed by atoms with Crippen LogP contribution in [0, 0.1) is 10.1 Å². The minimum Gasteiger partial charge on any atom is -0.409 e. The van der Waals surface area contributed by atoms with E-state index in [1.807, 2.05) is 0 Å². The highest BCUT2D eigenvalue weighted by molar-refractivity contribution is 7.16. The predicted molar refractivity (Wildman–Crippen MR) is 66.1 cm³/mol.